The van der Waals surface area contributed by atoms with Crippen LogP contribution in [0.15, 0.2) is 18.2 Å². The molecule has 0 aliphatic carbocycles. The molecule has 0 fully saturated rings. The third kappa shape index (κ3) is 4.94. The monoisotopic (exact) mass is 275 g/mol. The SMILES string of the molecule is CCCCCNC(=O)c1ccc(OC)c(C#CCO)c1. The number of nitrogens with one attached hydrogen (secondary N) is 1. The van der Waals surface area contributed by atoms with Gasteiger partial charge in [0.2, 0.25) is 0 Å². The number of methoxy groups -OCH3 is 1. The summed E-state index contributed by atoms with van der Waals surface area (Å²) in [5, 5.41) is 11.6. The molecule has 0 heterocycles. The standard InChI is InChI=1S/C16H21NO3/c1-3-4-5-10-17-16(19)14-8-9-15(20-2)13(12-14)7-6-11-18/h8-9,12,18H,3-5,10-11H2,1-2H3,(H,17,19). The van der Waals surface area contributed by atoms with Crippen LogP contribution < -0.4 is 10.1 Å². The molecule has 1 rings (SSSR count). The number of benzene rings is 1. The first-order valence-electron chi connectivity index (χ1n) is 6.78. The zero-order valence-corrected chi connectivity index (χ0v) is 12.0. The minimum atomic E-state index is -0.226. The number of rotatable bonds is 6. The van der Waals surface area contributed by atoms with Gasteiger partial charge in [0.05, 0.1) is 12.7 Å². The number of aliphatic hydroxyl groups excluding tert-OH is 1. The summed E-state index contributed by atoms with van der Waals surface area (Å²) in [6, 6.07) is 5.09. The lowest BCUT2D eigenvalue weighted by Crippen LogP contribution is -2.24. The minimum absolute atomic E-state index is 0.115. The van der Waals surface area contributed by atoms with Gasteiger partial charge in [-0.25, -0.2) is 0 Å². The Balaban J connectivity index is 2.77. The van der Waals surface area contributed by atoms with E-state index in [0.29, 0.717) is 23.4 Å². The van der Waals surface area contributed by atoms with Gasteiger partial charge in [-0.05, 0) is 24.6 Å². The number of carbonyl (C=O) groups excluding carboxylic acids is 1. The molecule has 0 saturated carbocycles. The molecule has 20 heavy (non-hydrogen) atoms. The molecule has 4 nitrogen and oxygen atoms in total. The van der Waals surface area contributed by atoms with Crippen LogP contribution in [0.5, 0.6) is 5.75 Å². The second-order valence-corrected chi connectivity index (χ2v) is 4.34. The Labute approximate surface area is 120 Å². The van der Waals surface area contributed by atoms with Crippen LogP contribution in [-0.2, 0) is 0 Å². The van der Waals surface area contributed by atoms with Crippen molar-refractivity contribution in [3.05, 3.63) is 29.3 Å². The van der Waals surface area contributed by atoms with Gasteiger partial charge in [-0.1, -0.05) is 31.6 Å². The van der Waals surface area contributed by atoms with Crippen molar-refractivity contribution in [1.29, 1.82) is 0 Å². The summed E-state index contributed by atoms with van der Waals surface area (Å²) < 4.78 is 5.17. The largest absolute Gasteiger partial charge is 0.495 e. The lowest BCUT2D eigenvalue weighted by atomic mass is 10.1. The van der Waals surface area contributed by atoms with Crippen molar-refractivity contribution in [3.63, 3.8) is 0 Å². The predicted molar refractivity (Wildman–Crippen MR) is 78.8 cm³/mol. The highest BCUT2D eigenvalue weighted by Gasteiger charge is 2.08. The molecule has 0 aliphatic rings. The highest BCUT2D eigenvalue weighted by atomic mass is 16.5. The van der Waals surface area contributed by atoms with Crippen molar-refractivity contribution in [2.75, 3.05) is 20.3 Å². The van der Waals surface area contributed by atoms with E-state index < -0.39 is 0 Å². The quantitative estimate of drug-likeness (QED) is 0.616. The second kappa shape index (κ2) is 9.00. The molecule has 1 amide bonds. The van der Waals surface area contributed by atoms with Crippen molar-refractivity contribution in [1.82, 2.24) is 5.32 Å². The lowest BCUT2D eigenvalue weighted by molar-refractivity contribution is 0.0953. The smallest absolute Gasteiger partial charge is 0.251 e. The summed E-state index contributed by atoms with van der Waals surface area (Å²) in [6.07, 6.45) is 3.21. The molecular weight excluding hydrogens is 254 g/mol. The van der Waals surface area contributed by atoms with Crippen molar-refractivity contribution in [2.45, 2.75) is 26.2 Å². The maximum Gasteiger partial charge on any atom is 0.251 e. The predicted octanol–water partition coefficient (Wildman–Crippen LogP) is 1.96. The Morgan fingerprint density at radius 2 is 2.20 bits per heavy atom. The highest BCUT2D eigenvalue weighted by molar-refractivity contribution is 5.94. The number of aliphatic hydroxyl groups is 1. The van der Waals surface area contributed by atoms with Crippen LogP contribution >= 0.6 is 0 Å². The normalized spacial score (nSPS) is 9.55. The number of carbonyl (C=O) groups is 1. The number of amides is 1. The number of hydrogen-bond donors (Lipinski definition) is 2. The van der Waals surface area contributed by atoms with Gasteiger partial charge in [-0.3, -0.25) is 4.79 Å². The van der Waals surface area contributed by atoms with Gasteiger partial charge in [0.25, 0.3) is 5.91 Å². The molecule has 108 valence electrons. The fourth-order valence-electron chi connectivity index (χ4n) is 1.76. The zero-order chi connectivity index (χ0) is 14.8. The second-order valence-electron chi connectivity index (χ2n) is 4.34. The van der Waals surface area contributed by atoms with Gasteiger partial charge in [-0.2, -0.15) is 0 Å². The average molecular weight is 275 g/mol. The van der Waals surface area contributed by atoms with Gasteiger partial charge >= 0.3 is 0 Å². The molecule has 0 unspecified atom stereocenters. The van der Waals surface area contributed by atoms with Crippen LogP contribution in [0.2, 0.25) is 0 Å². The molecule has 1 aromatic rings. The zero-order valence-electron chi connectivity index (χ0n) is 12.0. The van der Waals surface area contributed by atoms with E-state index in [1.54, 1.807) is 25.3 Å². The Kier molecular flexibility index (Phi) is 7.23. The molecule has 0 atom stereocenters. The molecule has 0 aliphatic heterocycles. The Morgan fingerprint density at radius 1 is 1.40 bits per heavy atom. The van der Waals surface area contributed by atoms with E-state index in [-0.39, 0.29) is 12.5 Å². The summed E-state index contributed by atoms with van der Waals surface area (Å²) in [4.78, 5) is 12.0. The first kappa shape index (κ1) is 16.1. The van der Waals surface area contributed by atoms with Crippen molar-refractivity contribution < 1.29 is 14.6 Å². The first-order chi connectivity index (χ1) is 9.72. The molecule has 2 N–H and O–H groups in total. The number of hydrogen-bond acceptors (Lipinski definition) is 3. The van der Waals surface area contributed by atoms with Crippen molar-refractivity contribution >= 4 is 5.91 Å². The van der Waals surface area contributed by atoms with Crippen molar-refractivity contribution in [2.24, 2.45) is 0 Å². The van der Waals surface area contributed by atoms with Crippen LogP contribution in [-0.4, -0.2) is 31.3 Å². The summed E-state index contributed by atoms with van der Waals surface area (Å²) in [7, 11) is 1.55. The summed E-state index contributed by atoms with van der Waals surface area (Å²) >= 11 is 0. The van der Waals surface area contributed by atoms with Gasteiger partial charge in [0.15, 0.2) is 0 Å². The number of unbranched alkanes of at least 4 members (excludes halogenated alkanes) is 2. The minimum Gasteiger partial charge on any atom is -0.495 e. The highest BCUT2D eigenvalue weighted by Crippen LogP contribution is 2.18. The van der Waals surface area contributed by atoms with Gasteiger partial charge in [0, 0.05) is 12.1 Å². The average Bonchev–Trinajstić information content (AvgIpc) is 2.49. The van der Waals surface area contributed by atoms with Crippen LogP contribution in [0.3, 0.4) is 0 Å². The molecule has 4 heteroatoms. The van der Waals surface area contributed by atoms with Gasteiger partial charge in [-0.15, -0.1) is 0 Å². The third-order valence-electron chi connectivity index (χ3n) is 2.83. The number of ether oxygens (including phenoxy) is 1. The van der Waals surface area contributed by atoms with Crippen LogP contribution in [0.25, 0.3) is 0 Å². The summed E-state index contributed by atoms with van der Waals surface area (Å²) in [5.41, 5.74) is 1.15. The van der Waals surface area contributed by atoms with Crippen molar-refractivity contribution in [3.8, 4) is 17.6 Å². The fourth-order valence-corrected chi connectivity index (χ4v) is 1.76. The molecule has 0 aromatic heterocycles. The molecule has 0 spiro atoms. The maximum atomic E-state index is 12.0. The summed E-state index contributed by atoms with van der Waals surface area (Å²) in [6.45, 7) is 2.57. The van der Waals surface area contributed by atoms with Gasteiger partial charge in [0.1, 0.15) is 12.4 Å². The molecule has 0 bridgehead atoms. The lowest BCUT2D eigenvalue weighted by Gasteiger charge is -2.08. The van der Waals surface area contributed by atoms with Crippen LogP contribution in [0, 0.1) is 11.8 Å². The van der Waals surface area contributed by atoms with E-state index in [0.717, 1.165) is 19.3 Å². The molecule has 0 saturated heterocycles. The van der Waals surface area contributed by atoms with E-state index in [2.05, 4.69) is 24.1 Å². The van der Waals surface area contributed by atoms with Crippen LogP contribution in [0.1, 0.15) is 42.1 Å². The topological polar surface area (TPSA) is 58.6 Å². The van der Waals surface area contributed by atoms with E-state index in [1.807, 2.05) is 0 Å². The van der Waals surface area contributed by atoms with E-state index in [1.165, 1.54) is 0 Å². The molecule has 1 aromatic carbocycles. The third-order valence-corrected chi connectivity index (χ3v) is 2.83. The van der Waals surface area contributed by atoms with Gasteiger partial charge < -0.3 is 15.2 Å². The van der Waals surface area contributed by atoms with E-state index in [9.17, 15) is 4.79 Å². The molecular formula is C16H21NO3. The summed E-state index contributed by atoms with van der Waals surface area (Å²) in [5.74, 6) is 5.82. The molecule has 0 radical (unpaired) electrons. The first-order valence-corrected chi connectivity index (χ1v) is 6.78. The van der Waals surface area contributed by atoms with Crippen LogP contribution in [0.4, 0.5) is 0 Å². The Hall–Kier alpha value is -1.99. The van der Waals surface area contributed by atoms with E-state index >= 15 is 0 Å². The fraction of sp³-hybridized carbons (Fsp3) is 0.438. The van der Waals surface area contributed by atoms with E-state index in [4.69, 9.17) is 9.84 Å². The maximum absolute atomic E-state index is 12.0. The Morgan fingerprint density at radius 3 is 2.85 bits per heavy atom. The Bertz CT molecular complexity index is 500.